The van der Waals surface area contributed by atoms with E-state index < -0.39 is 17.8 Å². The van der Waals surface area contributed by atoms with Crippen LogP contribution in [0.25, 0.3) is 0 Å². The van der Waals surface area contributed by atoms with E-state index in [9.17, 15) is 19.2 Å². The van der Waals surface area contributed by atoms with Gasteiger partial charge in [-0.25, -0.2) is 9.69 Å². The predicted octanol–water partition coefficient (Wildman–Crippen LogP) is 5.31. The Morgan fingerprint density at radius 3 is 2.19 bits per heavy atom. The Balaban J connectivity index is 1.46. The molecule has 0 aromatic heterocycles. The molecule has 1 aliphatic rings. The Labute approximate surface area is 220 Å². The molecule has 4 rings (SSSR count). The molecule has 3 aromatic carbocycles. The Hall–Kier alpha value is -3.95. The van der Waals surface area contributed by atoms with E-state index in [1.54, 1.807) is 37.3 Å². The molecule has 36 heavy (non-hydrogen) atoms. The zero-order chi connectivity index (χ0) is 25.8. The molecular weight excluding hydrogens is 550 g/mol. The van der Waals surface area contributed by atoms with Gasteiger partial charge in [0.25, 0.3) is 17.7 Å². The van der Waals surface area contributed by atoms with E-state index >= 15 is 0 Å². The molecule has 0 aliphatic carbocycles. The predicted molar refractivity (Wildman–Crippen MR) is 140 cm³/mol. The van der Waals surface area contributed by atoms with Gasteiger partial charge in [-0.15, -0.1) is 0 Å². The largest absolute Gasteiger partial charge is 0.462 e. The van der Waals surface area contributed by atoms with Gasteiger partial charge in [0.1, 0.15) is 10.7 Å². The minimum Gasteiger partial charge on any atom is -0.462 e. The molecule has 0 saturated heterocycles. The van der Waals surface area contributed by atoms with Crippen molar-refractivity contribution < 1.29 is 23.9 Å². The highest BCUT2D eigenvalue weighted by atomic mass is 79.9. The Morgan fingerprint density at radius 1 is 0.917 bits per heavy atom. The molecular formula is C26H19BrClN3O5. The van der Waals surface area contributed by atoms with E-state index in [1.165, 1.54) is 24.3 Å². The first-order valence-electron chi connectivity index (χ1n) is 10.8. The minimum absolute atomic E-state index is 0.0958. The zero-order valence-electron chi connectivity index (χ0n) is 18.9. The number of imide groups is 1. The molecule has 10 heteroatoms. The fourth-order valence-corrected chi connectivity index (χ4v) is 4.01. The van der Waals surface area contributed by atoms with Crippen molar-refractivity contribution in [3.05, 3.63) is 99.1 Å². The van der Waals surface area contributed by atoms with Crippen LogP contribution in [-0.2, 0) is 14.3 Å². The molecule has 0 fully saturated rings. The third kappa shape index (κ3) is 5.17. The fraction of sp³-hybridized carbons (Fsp3) is 0.0769. The van der Waals surface area contributed by atoms with Crippen LogP contribution in [0.15, 0.2) is 88.0 Å². The molecule has 0 atom stereocenters. The average Bonchev–Trinajstić information content (AvgIpc) is 3.09. The van der Waals surface area contributed by atoms with Crippen molar-refractivity contribution in [3.8, 4) is 0 Å². The van der Waals surface area contributed by atoms with Gasteiger partial charge in [0.05, 0.1) is 23.5 Å². The second-order valence-corrected chi connectivity index (χ2v) is 8.77. The maximum absolute atomic E-state index is 13.0. The normalized spacial score (nSPS) is 13.1. The first-order valence-corrected chi connectivity index (χ1v) is 12.0. The van der Waals surface area contributed by atoms with Crippen LogP contribution >= 0.6 is 27.5 Å². The smallest absolute Gasteiger partial charge is 0.338 e. The van der Waals surface area contributed by atoms with Crippen LogP contribution in [0.3, 0.4) is 0 Å². The van der Waals surface area contributed by atoms with Crippen LogP contribution in [0.2, 0.25) is 0 Å². The topological polar surface area (TPSA) is 105 Å². The molecule has 8 nitrogen and oxygen atoms in total. The molecule has 1 heterocycles. The van der Waals surface area contributed by atoms with Gasteiger partial charge >= 0.3 is 5.97 Å². The summed E-state index contributed by atoms with van der Waals surface area (Å²) in [6.45, 7) is 1.93. The Morgan fingerprint density at radius 2 is 1.56 bits per heavy atom. The van der Waals surface area contributed by atoms with E-state index in [2.05, 4.69) is 26.6 Å². The van der Waals surface area contributed by atoms with Gasteiger partial charge in [0.2, 0.25) is 0 Å². The van der Waals surface area contributed by atoms with Gasteiger partial charge in [-0.1, -0.05) is 23.7 Å². The van der Waals surface area contributed by atoms with Crippen molar-refractivity contribution in [2.45, 2.75) is 6.92 Å². The van der Waals surface area contributed by atoms with Crippen LogP contribution in [0, 0.1) is 0 Å². The van der Waals surface area contributed by atoms with Crippen LogP contribution in [-0.4, -0.2) is 30.3 Å². The number of nitrogens with one attached hydrogen (secondary N) is 2. The molecule has 1 aliphatic heterocycles. The van der Waals surface area contributed by atoms with Crippen LogP contribution in [0.4, 0.5) is 17.1 Å². The Bertz CT molecular complexity index is 1390. The van der Waals surface area contributed by atoms with E-state index in [0.717, 1.165) is 9.37 Å². The first-order chi connectivity index (χ1) is 17.3. The molecule has 0 unspecified atom stereocenters. The zero-order valence-corrected chi connectivity index (χ0v) is 21.2. The van der Waals surface area contributed by atoms with Crippen LogP contribution in [0.1, 0.15) is 27.6 Å². The summed E-state index contributed by atoms with van der Waals surface area (Å²) in [5, 5.41) is 5.40. The number of amides is 3. The molecule has 3 amide bonds. The summed E-state index contributed by atoms with van der Waals surface area (Å²) in [6, 6.07) is 19.5. The number of anilines is 3. The highest BCUT2D eigenvalue weighted by Crippen LogP contribution is 2.30. The number of benzene rings is 3. The number of rotatable bonds is 7. The van der Waals surface area contributed by atoms with Gasteiger partial charge in [0.15, 0.2) is 0 Å². The van der Waals surface area contributed by atoms with E-state index in [1.807, 2.05) is 18.2 Å². The van der Waals surface area contributed by atoms with Gasteiger partial charge < -0.3 is 15.4 Å². The van der Waals surface area contributed by atoms with E-state index in [0.29, 0.717) is 22.5 Å². The van der Waals surface area contributed by atoms with Crippen molar-refractivity contribution in [2.24, 2.45) is 0 Å². The quantitative estimate of drug-likeness (QED) is 0.296. The van der Waals surface area contributed by atoms with Gasteiger partial charge in [-0.2, -0.15) is 0 Å². The lowest BCUT2D eigenvalue weighted by Gasteiger charge is -2.15. The molecule has 3 aromatic rings. The maximum atomic E-state index is 13.0. The highest BCUT2D eigenvalue weighted by Gasteiger charge is 2.39. The molecule has 2 N–H and O–H groups in total. The molecule has 0 bridgehead atoms. The number of halogens is 2. The highest BCUT2D eigenvalue weighted by molar-refractivity contribution is 9.10. The fourth-order valence-electron chi connectivity index (χ4n) is 3.41. The van der Waals surface area contributed by atoms with Crippen LogP contribution in [0.5, 0.6) is 0 Å². The second-order valence-electron chi connectivity index (χ2n) is 7.54. The van der Waals surface area contributed by atoms with Crippen LogP contribution < -0.4 is 15.5 Å². The molecule has 0 spiro atoms. The van der Waals surface area contributed by atoms with Crippen molar-refractivity contribution in [2.75, 3.05) is 22.1 Å². The molecule has 182 valence electrons. The monoisotopic (exact) mass is 567 g/mol. The summed E-state index contributed by atoms with van der Waals surface area (Å²) in [4.78, 5) is 51.0. The number of carbonyl (C=O) groups is 4. The third-order valence-electron chi connectivity index (χ3n) is 5.20. The SMILES string of the molecule is CCOC(=O)c1ccc(N2C(=O)C(Cl)=C(Nc3ccc(C(=O)Nc4ccccc4Br)cc3)C2=O)cc1. The summed E-state index contributed by atoms with van der Waals surface area (Å²) in [7, 11) is 0. The number of para-hydroxylation sites is 1. The second kappa shape index (κ2) is 10.8. The number of hydrogen-bond acceptors (Lipinski definition) is 6. The summed E-state index contributed by atoms with van der Waals surface area (Å²) < 4.78 is 5.69. The summed E-state index contributed by atoms with van der Waals surface area (Å²) in [5.74, 6) is -2.16. The maximum Gasteiger partial charge on any atom is 0.338 e. The number of nitrogens with zero attached hydrogens (tertiary/aromatic N) is 1. The molecule has 0 saturated carbocycles. The lowest BCUT2D eigenvalue weighted by Crippen LogP contribution is -2.32. The van der Waals surface area contributed by atoms with Crippen molar-refractivity contribution >= 4 is 68.3 Å². The van der Waals surface area contributed by atoms with Crippen molar-refractivity contribution in [1.29, 1.82) is 0 Å². The van der Waals surface area contributed by atoms with E-state index in [-0.39, 0.29) is 28.9 Å². The summed E-state index contributed by atoms with van der Waals surface area (Å²) in [5.41, 5.74) is 1.94. The van der Waals surface area contributed by atoms with Gasteiger partial charge in [-0.3, -0.25) is 14.4 Å². The number of hydrogen-bond donors (Lipinski definition) is 2. The lowest BCUT2D eigenvalue weighted by atomic mass is 10.2. The van der Waals surface area contributed by atoms with Gasteiger partial charge in [-0.05, 0) is 83.5 Å². The number of esters is 1. The van der Waals surface area contributed by atoms with E-state index in [4.69, 9.17) is 16.3 Å². The molecule has 0 radical (unpaired) electrons. The van der Waals surface area contributed by atoms with Crippen molar-refractivity contribution in [3.63, 3.8) is 0 Å². The number of carbonyl (C=O) groups excluding carboxylic acids is 4. The lowest BCUT2D eigenvalue weighted by molar-refractivity contribution is -0.120. The average molecular weight is 569 g/mol. The Kier molecular flexibility index (Phi) is 7.52. The standard InChI is InChI=1S/C26H19BrClN3O5/c1-2-36-26(35)16-9-13-18(14-10-16)31-24(33)21(28)22(25(31)34)29-17-11-7-15(8-12-17)23(32)30-20-6-4-3-5-19(20)27/h3-14,29H,2H2,1H3,(H,30,32). The van der Waals surface area contributed by atoms with Gasteiger partial charge in [0, 0.05) is 15.7 Å². The number of ether oxygens (including phenoxy) is 1. The first kappa shape index (κ1) is 25.2. The minimum atomic E-state index is -0.697. The summed E-state index contributed by atoms with van der Waals surface area (Å²) >= 11 is 9.58. The third-order valence-corrected chi connectivity index (χ3v) is 6.24. The summed E-state index contributed by atoms with van der Waals surface area (Å²) in [6.07, 6.45) is 0. The van der Waals surface area contributed by atoms with Crippen molar-refractivity contribution in [1.82, 2.24) is 0 Å².